The number of nitrogens with zero attached hydrogens (tertiary/aromatic N) is 1. The number of benzene rings is 1. The fourth-order valence-corrected chi connectivity index (χ4v) is 2.89. The Balaban J connectivity index is 0.00000156. The van der Waals surface area contributed by atoms with Crippen molar-refractivity contribution in [3.8, 4) is 5.75 Å². The Bertz CT molecular complexity index is 615. The van der Waals surface area contributed by atoms with Gasteiger partial charge in [-0.2, -0.15) is 0 Å². The number of aromatic nitrogens is 1. The Morgan fingerprint density at radius 1 is 1.00 bits per heavy atom. The second-order valence-electron chi connectivity index (χ2n) is 5.43. The molecule has 1 atom stereocenters. The van der Waals surface area contributed by atoms with E-state index < -0.39 is 6.36 Å². The number of ether oxygens (including phenoxy) is 1. The molecular formula is C16H20Cl2F3N3O. The van der Waals surface area contributed by atoms with E-state index >= 15 is 0 Å². The van der Waals surface area contributed by atoms with Crippen LogP contribution in [0.15, 0.2) is 42.6 Å². The van der Waals surface area contributed by atoms with Gasteiger partial charge < -0.3 is 15.0 Å². The molecule has 0 bridgehead atoms. The first-order valence-corrected chi connectivity index (χ1v) is 7.47. The second-order valence-corrected chi connectivity index (χ2v) is 5.43. The average Bonchev–Trinajstić information content (AvgIpc) is 3.03. The Labute approximate surface area is 156 Å². The van der Waals surface area contributed by atoms with Crippen LogP contribution >= 0.6 is 24.8 Å². The molecule has 1 aromatic heterocycles. The summed E-state index contributed by atoms with van der Waals surface area (Å²) in [6, 6.07) is 10.0. The third-order valence-electron chi connectivity index (χ3n) is 3.86. The Hall–Kier alpha value is -1.41. The van der Waals surface area contributed by atoms with Gasteiger partial charge in [0.05, 0.1) is 6.04 Å². The molecule has 0 spiro atoms. The molecule has 9 heteroatoms. The molecule has 25 heavy (non-hydrogen) atoms. The minimum atomic E-state index is -4.67. The summed E-state index contributed by atoms with van der Waals surface area (Å²) in [5.41, 5.74) is 1.96. The average molecular weight is 398 g/mol. The Morgan fingerprint density at radius 3 is 2.16 bits per heavy atom. The van der Waals surface area contributed by atoms with Crippen LogP contribution in [0.4, 0.5) is 13.2 Å². The van der Waals surface area contributed by atoms with Gasteiger partial charge in [-0.15, -0.1) is 38.0 Å². The van der Waals surface area contributed by atoms with Crippen LogP contribution in [0.5, 0.6) is 5.75 Å². The lowest BCUT2D eigenvalue weighted by atomic mass is 10.0. The predicted molar refractivity (Wildman–Crippen MR) is 94.7 cm³/mol. The standard InChI is InChI=1S/C16H18F3N3O.2ClH/c17-16(18,19)23-13-5-3-12(4-6-13)15(14-2-1-7-21-14)22-10-8-20-9-11-22;;/h1-7,15,20-21H,8-11H2;2*1H/t15-;;/m1../s1. The highest BCUT2D eigenvalue weighted by Crippen LogP contribution is 2.30. The Kier molecular flexibility index (Phi) is 8.08. The minimum Gasteiger partial charge on any atom is -0.406 e. The minimum absolute atomic E-state index is 0. The first kappa shape index (κ1) is 21.6. The van der Waals surface area contributed by atoms with Crippen LogP contribution in [0.2, 0.25) is 0 Å². The fraction of sp³-hybridized carbons (Fsp3) is 0.375. The molecule has 1 fully saturated rings. The zero-order chi connectivity index (χ0) is 16.3. The highest BCUT2D eigenvalue weighted by Gasteiger charge is 2.31. The van der Waals surface area contributed by atoms with Gasteiger partial charge in [-0.05, 0) is 29.8 Å². The molecular weight excluding hydrogens is 378 g/mol. The van der Waals surface area contributed by atoms with Crippen LogP contribution in [0.1, 0.15) is 17.3 Å². The molecule has 4 nitrogen and oxygen atoms in total. The molecule has 1 aromatic carbocycles. The summed E-state index contributed by atoms with van der Waals surface area (Å²) < 4.78 is 40.8. The lowest BCUT2D eigenvalue weighted by Gasteiger charge is -2.34. The number of aromatic amines is 1. The van der Waals surface area contributed by atoms with E-state index in [0.29, 0.717) is 0 Å². The third-order valence-corrected chi connectivity index (χ3v) is 3.86. The molecule has 0 saturated carbocycles. The van der Waals surface area contributed by atoms with Gasteiger partial charge in [0, 0.05) is 38.1 Å². The number of piperazine rings is 1. The number of hydrogen-bond acceptors (Lipinski definition) is 3. The van der Waals surface area contributed by atoms with Gasteiger partial charge in [-0.25, -0.2) is 0 Å². The van der Waals surface area contributed by atoms with Gasteiger partial charge in [-0.1, -0.05) is 12.1 Å². The molecule has 3 rings (SSSR count). The van der Waals surface area contributed by atoms with Gasteiger partial charge in [-0.3, -0.25) is 4.90 Å². The maximum Gasteiger partial charge on any atom is 0.573 e. The van der Waals surface area contributed by atoms with Crippen molar-refractivity contribution < 1.29 is 17.9 Å². The van der Waals surface area contributed by atoms with Gasteiger partial charge >= 0.3 is 6.36 Å². The number of nitrogens with one attached hydrogen (secondary N) is 2. The number of rotatable bonds is 4. The van der Waals surface area contributed by atoms with Crippen LogP contribution in [-0.4, -0.2) is 42.4 Å². The summed E-state index contributed by atoms with van der Waals surface area (Å²) in [6.45, 7) is 3.55. The molecule has 2 aromatic rings. The van der Waals surface area contributed by atoms with Crippen LogP contribution < -0.4 is 10.1 Å². The molecule has 0 amide bonds. The van der Waals surface area contributed by atoms with Crippen molar-refractivity contribution in [2.75, 3.05) is 26.2 Å². The quantitative estimate of drug-likeness (QED) is 0.824. The molecule has 1 aliphatic heterocycles. The first-order valence-electron chi connectivity index (χ1n) is 7.47. The summed E-state index contributed by atoms with van der Waals surface area (Å²) in [5, 5.41) is 3.30. The van der Waals surface area contributed by atoms with Crippen molar-refractivity contribution >= 4 is 24.8 Å². The Morgan fingerprint density at radius 2 is 1.64 bits per heavy atom. The fourth-order valence-electron chi connectivity index (χ4n) is 2.89. The predicted octanol–water partition coefficient (Wildman–Crippen LogP) is 3.75. The van der Waals surface area contributed by atoms with Gasteiger partial charge in [0.1, 0.15) is 5.75 Å². The van der Waals surface area contributed by atoms with E-state index in [1.165, 1.54) is 12.1 Å². The van der Waals surface area contributed by atoms with Crippen molar-refractivity contribution in [2.24, 2.45) is 0 Å². The third kappa shape index (κ3) is 5.81. The molecule has 140 valence electrons. The number of alkyl halides is 3. The summed E-state index contributed by atoms with van der Waals surface area (Å²) in [7, 11) is 0. The summed E-state index contributed by atoms with van der Waals surface area (Å²) in [4.78, 5) is 5.52. The van der Waals surface area contributed by atoms with Crippen LogP contribution in [0, 0.1) is 0 Å². The number of hydrogen-bond donors (Lipinski definition) is 2. The van der Waals surface area contributed by atoms with Crippen LogP contribution in [0.3, 0.4) is 0 Å². The van der Waals surface area contributed by atoms with E-state index in [1.54, 1.807) is 12.1 Å². The zero-order valence-electron chi connectivity index (χ0n) is 13.3. The molecule has 2 heterocycles. The van der Waals surface area contributed by atoms with Crippen molar-refractivity contribution in [3.05, 3.63) is 53.9 Å². The number of halogens is 5. The van der Waals surface area contributed by atoms with Crippen LogP contribution in [0.25, 0.3) is 0 Å². The second kappa shape index (κ2) is 9.33. The van der Waals surface area contributed by atoms with E-state index in [9.17, 15) is 13.2 Å². The molecule has 0 aliphatic carbocycles. The normalized spacial score (nSPS) is 16.4. The van der Waals surface area contributed by atoms with E-state index in [0.717, 1.165) is 37.4 Å². The highest BCUT2D eigenvalue weighted by molar-refractivity contribution is 5.85. The van der Waals surface area contributed by atoms with Crippen molar-refractivity contribution in [3.63, 3.8) is 0 Å². The highest BCUT2D eigenvalue weighted by atomic mass is 35.5. The summed E-state index contributed by atoms with van der Waals surface area (Å²) in [5.74, 6) is -0.202. The monoisotopic (exact) mass is 397 g/mol. The SMILES string of the molecule is Cl.Cl.FC(F)(F)Oc1ccc([C@H](c2ccc[nH]2)N2CCNCC2)cc1. The molecule has 0 unspecified atom stereocenters. The van der Waals surface area contributed by atoms with Gasteiger partial charge in [0.25, 0.3) is 0 Å². The summed E-state index contributed by atoms with van der Waals surface area (Å²) in [6.07, 6.45) is -2.81. The lowest BCUT2D eigenvalue weighted by Crippen LogP contribution is -2.45. The van der Waals surface area contributed by atoms with Gasteiger partial charge in [0.2, 0.25) is 0 Å². The van der Waals surface area contributed by atoms with Crippen molar-refractivity contribution in [2.45, 2.75) is 12.4 Å². The van der Waals surface area contributed by atoms with E-state index in [-0.39, 0.29) is 36.6 Å². The van der Waals surface area contributed by atoms with E-state index in [1.807, 2.05) is 18.3 Å². The van der Waals surface area contributed by atoms with Crippen molar-refractivity contribution in [1.82, 2.24) is 15.2 Å². The summed E-state index contributed by atoms with van der Waals surface area (Å²) >= 11 is 0. The smallest absolute Gasteiger partial charge is 0.406 e. The zero-order valence-corrected chi connectivity index (χ0v) is 14.9. The van der Waals surface area contributed by atoms with E-state index in [4.69, 9.17) is 0 Å². The molecule has 0 radical (unpaired) electrons. The van der Waals surface area contributed by atoms with Gasteiger partial charge in [0.15, 0.2) is 0 Å². The topological polar surface area (TPSA) is 40.3 Å². The van der Waals surface area contributed by atoms with Crippen molar-refractivity contribution in [1.29, 1.82) is 0 Å². The molecule has 2 N–H and O–H groups in total. The maximum atomic E-state index is 12.3. The molecule has 1 aliphatic rings. The van der Waals surface area contributed by atoms with Crippen LogP contribution in [-0.2, 0) is 0 Å². The number of H-pyrrole nitrogens is 1. The first-order chi connectivity index (χ1) is 11.0. The van der Waals surface area contributed by atoms with E-state index in [2.05, 4.69) is 19.9 Å². The lowest BCUT2D eigenvalue weighted by molar-refractivity contribution is -0.274. The molecule has 1 saturated heterocycles. The maximum absolute atomic E-state index is 12.3. The largest absolute Gasteiger partial charge is 0.573 e.